The van der Waals surface area contributed by atoms with E-state index in [0.717, 1.165) is 11.8 Å². The van der Waals surface area contributed by atoms with Crippen molar-refractivity contribution in [2.45, 2.75) is 58.5 Å². The van der Waals surface area contributed by atoms with Gasteiger partial charge < -0.3 is 41.3 Å². The van der Waals surface area contributed by atoms with Gasteiger partial charge in [-0.15, -0.1) is 0 Å². The molecule has 0 aromatic rings. The molecule has 2 heterocycles. The van der Waals surface area contributed by atoms with Gasteiger partial charge in [-0.05, 0) is 19.6 Å². The SMILES string of the molecule is C=NC1=C(N(C)C2CCC(COP(=O)(O)OCC(C)(C)C(O)C(=O)NCCC(=O)NCSC(C)=O)O2)NCN=C1N. The zero-order chi connectivity index (χ0) is 30.8. The molecule has 2 aliphatic rings. The van der Waals surface area contributed by atoms with Crippen LogP contribution in [0.3, 0.4) is 0 Å². The van der Waals surface area contributed by atoms with E-state index in [4.69, 9.17) is 19.5 Å². The van der Waals surface area contributed by atoms with E-state index in [1.807, 2.05) is 0 Å². The van der Waals surface area contributed by atoms with E-state index in [0.29, 0.717) is 24.4 Å². The van der Waals surface area contributed by atoms with Gasteiger partial charge in [-0.1, -0.05) is 25.6 Å². The third-order valence-electron chi connectivity index (χ3n) is 6.20. The molecule has 7 N–H and O–H groups in total. The molecule has 0 radical (unpaired) electrons. The summed E-state index contributed by atoms with van der Waals surface area (Å²) in [6.07, 6.45) is -1.40. The summed E-state index contributed by atoms with van der Waals surface area (Å²) < 4.78 is 28.6. The second kappa shape index (κ2) is 15.6. The minimum atomic E-state index is -4.55. The number of nitrogens with one attached hydrogen (secondary N) is 3. The first kappa shape index (κ1) is 34.7. The Labute approximate surface area is 243 Å². The number of aliphatic imine (C=N–C) groups is 2. The number of nitrogens with zero attached hydrogens (tertiary/aromatic N) is 3. The number of nitrogens with two attached hydrogens (primary N) is 1. The smallest absolute Gasteiger partial charge is 0.383 e. The first-order valence-electron chi connectivity index (χ1n) is 12.8. The van der Waals surface area contributed by atoms with Gasteiger partial charge in [0.05, 0.1) is 25.2 Å². The first-order valence-corrected chi connectivity index (χ1v) is 15.3. The number of rotatable bonds is 16. The summed E-state index contributed by atoms with van der Waals surface area (Å²) in [5.74, 6) is -0.172. The van der Waals surface area contributed by atoms with E-state index in [1.165, 1.54) is 20.8 Å². The van der Waals surface area contributed by atoms with Gasteiger partial charge in [0.1, 0.15) is 36.4 Å². The van der Waals surface area contributed by atoms with Gasteiger partial charge in [-0.3, -0.25) is 28.4 Å². The highest BCUT2D eigenvalue weighted by molar-refractivity contribution is 8.13. The summed E-state index contributed by atoms with van der Waals surface area (Å²) in [5, 5.41) is 18.3. The highest BCUT2D eigenvalue weighted by atomic mass is 32.2. The molecule has 16 nitrogen and oxygen atoms in total. The van der Waals surface area contributed by atoms with Crippen molar-refractivity contribution in [1.82, 2.24) is 20.9 Å². The summed E-state index contributed by atoms with van der Waals surface area (Å²) in [5.41, 5.74) is 5.02. The number of phosphoric acid groups is 1. The number of ether oxygens (including phenoxy) is 1. The van der Waals surface area contributed by atoms with Gasteiger partial charge in [0, 0.05) is 32.4 Å². The zero-order valence-corrected chi connectivity index (χ0v) is 25.3. The molecule has 232 valence electrons. The maximum Gasteiger partial charge on any atom is 0.472 e. The van der Waals surface area contributed by atoms with E-state index >= 15 is 0 Å². The summed E-state index contributed by atoms with van der Waals surface area (Å²) in [7, 11) is -2.76. The Bertz CT molecular complexity index is 1090. The number of carbonyl (C=O) groups is 3. The van der Waals surface area contributed by atoms with Gasteiger partial charge in [-0.25, -0.2) is 9.56 Å². The highest BCUT2D eigenvalue weighted by Gasteiger charge is 2.38. The topological polar surface area (TPSA) is 226 Å². The van der Waals surface area contributed by atoms with Gasteiger partial charge in [0.25, 0.3) is 0 Å². The lowest BCUT2D eigenvalue weighted by Gasteiger charge is -2.32. The molecule has 1 fully saturated rings. The van der Waals surface area contributed by atoms with Crippen molar-refractivity contribution in [3.05, 3.63) is 11.5 Å². The maximum atomic E-state index is 12.5. The number of amides is 2. The molecule has 4 atom stereocenters. The molecular weight excluding hydrogens is 581 g/mol. The monoisotopic (exact) mass is 621 g/mol. The van der Waals surface area contributed by atoms with E-state index in [1.54, 1.807) is 11.9 Å². The van der Waals surface area contributed by atoms with Crippen LogP contribution in [0.2, 0.25) is 0 Å². The van der Waals surface area contributed by atoms with E-state index in [9.17, 15) is 28.9 Å². The standard InChI is InChI=1S/C23H40N7O9PS/c1-14(31)41-13-29-16(32)8-9-26-22(34)19(33)23(2,3)11-38-40(35,36)37-10-15-6-7-17(39-15)30(5)21-18(25-4)20(24)27-12-28-21/h15,17,19,28,33H,4,6-13H2,1-3,5H3,(H2,24,27)(H,26,34)(H,29,32)(H,35,36). The molecule has 2 rings (SSSR count). The highest BCUT2D eigenvalue weighted by Crippen LogP contribution is 2.45. The third kappa shape index (κ3) is 11.0. The summed E-state index contributed by atoms with van der Waals surface area (Å²) in [6.45, 7) is 7.37. The maximum absolute atomic E-state index is 12.5. The number of hydrogen-bond acceptors (Lipinski definition) is 14. The molecule has 0 bridgehead atoms. The lowest BCUT2D eigenvalue weighted by molar-refractivity contribution is -0.137. The molecule has 0 aromatic carbocycles. The molecule has 41 heavy (non-hydrogen) atoms. The normalized spacial score (nSPS) is 21.3. The fourth-order valence-corrected chi connectivity index (χ4v) is 5.13. The summed E-state index contributed by atoms with van der Waals surface area (Å²) >= 11 is 0.942. The Morgan fingerprint density at radius 3 is 2.73 bits per heavy atom. The van der Waals surface area contributed by atoms with Crippen molar-refractivity contribution in [3.8, 4) is 0 Å². The van der Waals surface area contributed by atoms with Crippen LogP contribution in [0.1, 0.15) is 40.0 Å². The fraction of sp³-hybridized carbons (Fsp3) is 0.696. The molecular formula is C23H40N7O9PS. The number of carbonyl (C=O) groups excluding carboxylic acids is 3. The van der Waals surface area contributed by atoms with Gasteiger partial charge in [0.2, 0.25) is 11.8 Å². The largest absolute Gasteiger partial charge is 0.472 e. The molecule has 0 aromatic heterocycles. The van der Waals surface area contributed by atoms with Crippen molar-refractivity contribution in [2.24, 2.45) is 21.1 Å². The Morgan fingerprint density at radius 2 is 2.07 bits per heavy atom. The number of amidine groups is 1. The summed E-state index contributed by atoms with van der Waals surface area (Å²) in [6, 6.07) is 0. The number of aliphatic hydroxyl groups excluding tert-OH is 1. The minimum Gasteiger partial charge on any atom is -0.383 e. The van der Waals surface area contributed by atoms with Crippen LogP contribution in [-0.2, 0) is 32.7 Å². The van der Waals surface area contributed by atoms with Crippen molar-refractivity contribution >= 4 is 49.1 Å². The molecule has 0 saturated carbocycles. The molecule has 2 aliphatic heterocycles. The van der Waals surface area contributed by atoms with Crippen LogP contribution in [0.5, 0.6) is 0 Å². The number of thioether (sulfide) groups is 1. The van der Waals surface area contributed by atoms with Crippen LogP contribution < -0.4 is 21.7 Å². The van der Waals surface area contributed by atoms with Crippen LogP contribution >= 0.6 is 19.6 Å². The predicted molar refractivity (Wildman–Crippen MR) is 152 cm³/mol. The van der Waals surface area contributed by atoms with Crippen molar-refractivity contribution in [1.29, 1.82) is 0 Å². The predicted octanol–water partition coefficient (Wildman–Crippen LogP) is -0.409. The van der Waals surface area contributed by atoms with Crippen LogP contribution in [0.15, 0.2) is 21.5 Å². The lowest BCUT2D eigenvalue weighted by atomic mass is 9.87. The lowest BCUT2D eigenvalue weighted by Crippen LogP contribution is -2.46. The van der Waals surface area contributed by atoms with Crippen molar-refractivity contribution in [3.63, 3.8) is 0 Å². The number of hydrogen-bond donors (Lipinski definition) is 6. The molecule has 1 saturated heterocycles. The van der Waals surface area contributed by atoms with Crippen molar-refractivity contribution < 1.29 is 42.7 Å². The van der Waals surface area contributed by atoms with E-state index < -0.39 is 38.0 Å². The van der Waals surface area contributed by atoms with E-state index in [2.05, 4.69) is 32.7 Å². The van der Waals surface area contributed by atoms with Gasteiger partial charge in [0.15, 0.2) is 5.12 Å². The third-order valence-corrected chi connectivity index (χ3v) is 7.82. The Morgan fingerprint density at radius 1 is 1.37 bits per heavy atom. The average Bonchev–Trinajstić information content (AvgIpc) is 3.39. The molecule has 2 amide bonds. The van der Waals surface area contributed by atoms with Gasteiger partial charge >= 0.3 is 7.82 Å². The fourth-order valence-electron chi connectivity index (χ4n) is 3.76. The average molecular weight is 622 g/mol. The molecule has 18 heteroatoms. The Hall–Kier alpha value is -2.53. The quantitative estimate of drug-likeness (QED) is 0.0733. The Balaban J connectivity index is 1.76. The van der Waals surface area contributed by atoms with Crippen LogP contribution in [0.4, 0.5) is 0 Å². The zero-order valence-electron chi connectivity index (χ0n) is 23.6. The Kier molecular flexibility index (Phi) is 13.2. The van der Waals surface area contributed by atoms with Crippen molar-refractivity contribution in [2.75, 3.05) is 39.4 Å². The second-order valence-electron chi connectivity index (χ2n) is 9.98. The van der Waals surface area contributed by atoms with E-state index in [-0.39, 0.29) is 55.2 Å². The summed E-state index contributed by atoms with van der Waals surface area (Å²) in [4.78, 5) is 54.9. The van der Waals surface area contributed by atoms with Crippen LogP contribution in [-0.4, -0.2) is 102 Å². The van der Waals surface area contributed by atoms with Gasteiger partial charge in [-0.2, -0.15) is 0 Å². The number of phosphoric ester groups is 1. The molecule has 0 spiro atoms. The minimum absolute atomic E-state index is 0.0533. The first-order chi connectivity index (χ1) is 19.2. The number of aliphatic hydroxyl groups is 1. The molecule has 4 unspecified atom stereocenters. The van der Waals surface area contributed by atoms with Crippen LogP contribution in [0.25, 0.3) is 0 Å². The molecule has 0 aliphatic carbocycles. The van der Waals surface area contributed by atoms with Crippen LogP contribution in [0, 0.1) is 5.41 Å². The second-order valence-corrected chi connectivity index (χ2v) is 12.6.